The van der Waals surface area contributed by atoms with E-state index in [4.69, 9.17) is 0 Å². The molecule has 2 aliphatic rings. The number of aromatic nitrogens is 1. The molecule has 0 amide bonds. The Morgan fingerprint density at radius 2 is 2.00 bits per heavy atom. The van der Waals surface area contributed by atoms with E-state index in [0.29, 0.717) is 18.1 Å². The van der Waals surface area contributed by atoms with Gasteiger partial charge in [-0.3, -0.25) is 0 Å². The first-order valence-electron chi connectivity index (χ1n) is 7.14. The van der Waals surface area contributed by atoms with Gasteiger partial charge in [0.05, 0.1) is 17.8 Å². The molecule has 0 saturated heterocycles. The number of rotatable bonds is 2. The van der Waals surface area contributed by atoms with E-state index in [0.717, 1.165) is 11.2 Å². The van der Waals surface area contributed by atoms with Crippen molar-refractivity contribution < 1.29 is 13.2 Å². The lowest BCUT2D eigenvalue weighted by molar-refractivity contribution is -0.137. The molecule has 0 unspecified atom stereocenters. The van der Waals surface area contributed by atoms with Crippen LogP contribution in [0.3, 0.4) is 0 Å². The van der Waals surface area contributed by atoms with Gasteiger partial charge in [-0.1, -0.05) is 18.2 Å². The van der Waals surface area contributed by atoms with Gasteiger partial charge < -0.3 is 0 Å². The first-order chi connectivity index (χ1) is 11.5. The summed E-state index contributed by atoms with van der Waals surface area (Å²) in [5.74, 6) is 0.597. The Morgan fingerprint density at radius 3 is 2.75 bits per heavy atom. The second kappa shape index (κ2) is 5.48. The molecular formula is C16H11F3N4S. The summed E-state index contributed by atoms with van der Waals surface area (Å²) in [6.07, 6.45) is 2.46. The summed E-state index contributed by atoms with van der Waals surface area (Å²) in [4.78, 5) is 8.65. The average molecular weight is 348 g/mol. The number of halogens is 3. The molecule has 0 atom stereocenters. The summed E-state index contributed by atoms with van der Waals surface area (Å²) in [6, 6.07) is 5.47. The van der Waals surface area contributed by atoms with Crippen LogP contribution in [-0.2, 0) is 6.18 Å². The van der Waals surface area contributed by atoms with Crippen LogP contribution in [0.25, 0.3) is 0 Å². The molecule has 0 spiro atoms. The van der Waals surface area contributed by atoms with Crippen molar-refractivity contribution in [3.05, 3.63) is 71.1 Å². The topological polar surface area (TPSA) is 31.7 Å². The number of anilines is 1. The molecule has 4 rings (SSSR count). The number of benzene rings is 1. The molecule has 0 saturated carbocycles. The number of nitrogens with zero attached hydrogens (tertiary/aromatic N) is 4. The molecule has 4 nitrogen and oxygen atoms in total. The van der Waals surface area contributed by atoms with Crippen LogP contribution < -0.4 is 5.01 Å². The highest BCUT2D eigenvalue weighted by atomic mass is 32.1. The van der Waals surface area contributed by atoms with Gasteiger partial charge in [-0.15, -0.1) is 11.3 Å². The number of hydrazine groups is 1. The normalized spacial score (nSPS) is 17.0. The van der Waals surface area contributed by atoms with E-state index < -0.39 is 11.7 Å². The minimum Gasteiger partial charge on any atom is -0.250 e. The highest BCUT2D eigenvalue weighted by Crippen LogP contribution is 2.34. The van der Waals surface area contributed by atoms with E-state index >= 15 is 0 Å². The third kappa shape index (κ3) is 2.48. The number of hydrogen-bond acceptors (Lipinski definition) is 5. The van der Waals surface area contributed by atoms with Gasteiger partial charge in [-0.2, -0.15) is 13.2 Å². The Labute approximate surface area is 139 Å². The van der Waals surface area contributed by atoms with Gasteiger partial charge in [0.25, 0.3) is 0 Å². The molecule has 0 N–H and O–H groups in total. The largest absolute Gasteiger partial charge is 0.417 e. The lowest BCUT2D eigenvalue weighted by Gasteiger charge is -2.29. The van der Waals surface area contributed by atoms with Crippen molar-refractivity contribution in [1.82, 2.24) is 9.99 Å². The Kier molecular flexibility index (Phi) is 3.42. The maximum atomic E-state index is 13.2. The zero-order chi connectivity index (χ0) is 16.7. The second-order valence-electron chi connectivity index (χ2n) is 5.16. The van der Waals surface area contributed by atoms with Gasteiger partial charge >= 0.3 is 6.18 Å². The number of allylic oxidation sites excluding steroid dienone is 1. The first kappa shape index (κ1) is 14.9. The zero-order valence-corrected chi connectivity index (χ0v) is 13.1. The standard InChI is InChI=1S/C16H11F3N4S/c17-16(18,19)12-4-2-1-3-11(12)13-5-8-22-14(21-13)6-9-23(22)15-20-7-10-24-15/h1-8,10H,9H2. The lowest BCUT2D eigenvalue weighted by atomic mass is 10.0. The van der Waals surface area contributed by atoms with Crippen molar-refractivity contribution in [2.45, 2.75) is 6.18 Å². The minimum atomic E-state index is -4.42. The molecule has 2 aromatic rings. The van der Waals surface area contributed by atoms with Crippen LogP contribution in [-0.4, -0.2) is 22.2 Å². The molecule has 0 radical (unpaired) electrons. The fourth-order valence-electron chi connectivity index (χ4n) is 2.65. The molecule has 2 aliphatic heterocycles. The van der Waals surface area contributed by atoms with Crippen molar-refractivity contribution in [2.75, 3.05) is 11.6 Å². The van der Waals surface area contributed by atoms with Crippen LogP contribution >= 0.6 is 11.3 Å². The SMILES string of the molecule is FC(F)(F)c1ccccc1C1=NC2=CCN(c3nccs3)N2C=C1. The van der Waals surface area contributed by atoms with Crippen molar-refractivity contribution in [2.24, 2.45) is 4.99 Å². The molecule has 1 aromatic carbocycles. The van der Waals surface area contributed by atoms with Crippen LogP contribution in [0.5, 0.6) is 0 Å². The predicted octanol–water partition coefficient (Wildman–Crippen LogP) is 4.06. The molecule has 0 bridgehead atoms. The highest BCUT2D eigenvalue weighted by Gasteiger charge is 2.35. The van der Waals surface area contributed by atoms with E-state index in [-0.39, 0.29) is 5.56 Å². The van der Waals surface area contributed by atoms with Crippen LogP contribution in [0.15, 0.2) is 65.0 Å². The van der Waals surface area contributed by atoms with Crippen LogP contribution in [0.4, 0.5) is 18.3 Å². The highest BCUT2D eigenvalue weighted by molar-refractivity contribution is 7.13. The fraction of sp³-hybridized carbons (Fsp3) is 0.125. The van der Waals surface area contributed by atoms with E-state index in [9.17, 15) is 13.2 Å². The number of alkyl halides is 3. The van der Waals surface area contributed by atoms with Crippen LogP contribution in [0.2, 0.25) is 0 Å². The molecule has 24 heavy (non-hydrogen) atoms. The maximum absolute atomic E-state index is 13.2. The molecule has 3 heterocycles. The van der Waals surface area contributed by atoms with Gasteiger partial charge in [0, 0.05) is 23.3 Å². The van der Waals surface area contributed by atoms with Crippen molar-refractivity contribution in [3.8, 4) is 0 Å². The number of aliphatic imine (C=N–C) groups is 1. The van der Waals surface area contributed by atoms with E-state index in [2.05, 4.69) is 9.98 Å². The summed E-state index contributed by atoms with van der Waals surface area (Å²) in [6.45, 7) is 0.574. The Balaban J connectivity index is 1.68. The lowest BCUT2D eigenvalue weighted by Crippen LogP contribution is -2.34. The first-order valence-corrected chi connectivity index (χ1v) is 8.02. The molecular weight excluding hydrogens is 337 g/mol. The third-order valence-electron chi connectivity index (χ3n) is 3.70. The Morgan fingerprint density at radius 1 is 1.17 bits per heavy atom. The van der Waals surface area contributed by atoms with E-state index in [1.807, 2.05) is 16.5 Å². The van der Waals surface area contributed by atoms with Gasteiger partial charge in [0.15, 0.2) is 0 Å². The van der Waals surface area contributed by atoms with Crippen molar-refractivity contribution in [3.63, 3.8) is 0 Å². The summed E-state index contributed by atoms with van der Waals surface area (Å²) in [5, 5.41) is 6.38. The average Bonchev–Trinajstić information content (AvgIpc) is 3.22. The number of hydrogen-bond donors (Lipinski definition) is 0. The predicted molar refractivity (Wildman–Crippen MR) is 86.5 cm³/mol. The summed E-state index contributed by atoms with van der Waals surface area (Å²) >= 11 is 1.49. The van der Waals surface area contributed by atoms with E-state index in [1.165, 1.54) is 23.5 Å². The number of thiazole rings is 1. The Bertz CT molecular complexity index is 852. The quantitative estimate of drug-likeness (QED) is 0.820. The summed E-state index contributed by atoms with van der Waals surface area (Å²) in [7, 11) is 0. The van der Waals surface area contributed by atoms with Gasteiger partial charge in [-0.05, 0) is 18.2 Å². The van der Waals surface area contributed by atoms with Crippen LogP contribution in [0, 0.1) is 0 Å². The molecule has 0 fully saturated rings. The second-order valence-corrected chi connectivity index (χ2v) is 6.03. The fourth-order valence-corrected chi connectivity index (χ4v) is 3.30. The molecule has 1 aromatic heterocycles. The van der Waals surface area contributed by atoms with E-state index in [1.54, 1.807) is 29.5 Å². The van der Waals surface area contributed by atoms with Crippen molar-refractivity contribution >= 4 is 22.2 Å². The van der Waals surface area contributed by atoms with Crippen molar-refractivity contribution in [1.29, 1.82) is 0 Å². The monoisotopic (exact) mass is 348 g/mol. The summed E-state index contributed by atoms with van der Waals surface area (Å²) in [5.41, 5.74) is -0.307. The van der Waals surface area contributed by atoms with Crippen LogP contribution in [0.1, 0.15) is 11.1 Å². The zero-order valence-electron chi connectivity index (χ0n) is 12.2. The third-order valence-corrected chi connectivity index (χ3v) is 4.48. The molecule has 122 valence electrons. The van der Waals surface area contributed by atoms with Gasteiger partial charge in [0.1, 0.15) is 5.82 Å². The maximum Gasteiger partial charge on any atom is 0.417 e. The molecule has 8 heteroatoms. The summed E-state index contributed by atoms with van der Waals surface area (Å²) < 4.78 is 39.6. The minimum absolute atomic E-state index is 0.0782. The van der Waals surface area contributed by atoms with Gasteiger partial charge in [0.2, 0.25) is 5.13 Å². The van der Waals surface area contributed by atoms with Gasteiger partial charge in [-0.25, -0.2) is 20.0 Å². The molecule has 0 aliphatic carbocycles. The number of fused-ring (bicyclic) bond motifs is 1. The smallest absolute Gasteiger partial charge is 0.250 e. The Hall–Kier alpha value is -2.61.